The first-order valence-electron chi connectivity index (χ1n) is 18.6. The van der Waals surface area contributed by atoms with Gasteiger partial charge in [0.1, 0.15) is 5.84 Å². The van der Waals surface area contributed by atoms with E-state index < -0.39 is 0 Å². The van der Waals surface area contributed by atoms with Crippen molar-refractivity contribution >= 4 is 76.2 Å². The first kappa shape index (κ1) is 31.7. The smallest absolute Gasteiger partial charge is 0.131 e. The Hall–Kier alpha value is -7.03. The standard InChI is InChI=1S/C52H36N2/c53-52(37-18-5-2-6-19-37)54-48(32-28-34-27-30-43-41-23-10-9-21-39(41)40-22-11-12-24-42(40)47(43)33-34)51-45-26-14-13-25-44(45)49(36-16-3-1-4-17-36)46-31-29-35-15-7-8-20-38(35)50(46)51/h1-27,29-33H,28H2,(H2,53,54)/b48-32-. The van der Waals surface area contributed by atoms with Crippen molar-refractivity contribution in [2.45, 2.75) is 6.42 Å². The van der Waals surface area contributed by atoms with Crippen LogP contribution in [0.5, 0.6) is 0 Å². The monoisotopic (exact) mass is 688 g/mol. The number of nitrogens with zero attached hydrogens (tertiary/aromatic N) is 1. The van der Waals surface area contributed by atoms with Crippen molar-refractivity contribution in [1.29, 1.82) is 0 Å². The fourth-order valence-corrected chi connectivity index (χ4v) is 8.43. The molecular formula is C52H36N2. The van der Waals surface area contributed by atoms with Gasteiger partial charge in [-0.25, -0.2) is 4.99 Å². The molecule has 0 saturated heterocycles. The first-order valence-corrected chi connectivity index (χ1v) is 18.6. The van der Waals surface area contributed by atoms with Crippen LogP contribution in [0.3, 0.4) is 0 Å². The van der Waals surface area contributed by atoms with Crippen molar-refractivity contribution < 1.29 is 0 Å². The van der Waals surface area contributed by atoms with Gasteiger partial charge in [0.25, 0.3) is 0 Å². The molecule has 0 heterocycles. The summed E-state index contributed by atoms with van der Waals surface area (Å²) in [7, 11) is 0. The molecule has 0 aliphatic carbocycles. The third kappa shape index (κ3) is 5.31. The van der Waals surface area contributed by atoms with Gasteiger partial charge < -0.3 is 5.73 Å². The molecule has 0 radical (unpaired) electrons. The molecule has 10 rings (SSSR count). The van der Waals surface area contributed by atoms with Crippen LogP contribution in [0.4, 0.5) is 0 Å². The largest absolute Gasteiger partial charge is 0.383 e. The highest BCUT2D eigenvalue weighted by Gasteiger charge is 2.20. The van der Waals surface area contributed by atoms with Gasteiger partial charge in [0, 0.05) is 16.5 Å². The third-order valence-electron chi connectivity index (χ3n) is 10.9. The number of aliphatic imine (C=N–C) groups is 1. The topological polar surface area (TPSA) is 38.4 Å². The van der Waals surface area contributed by atoms with E-state index in [2.05, 4.69) is 164 Å². The molecule has 0 atom stereocenters. The minimum atomic E-state index is 0.488. The molecule has 2 nitrogen and oxygen atoms in total. The van der Waals surface area contributed by atoms with Crippen LogP contribution in [0.15, 0.2) is 199 Å². The van der Waals surface area contributed by atoms with Gasteiger partial charge in [-0.15, -0.1) is 0 Å². The second-order valence-electron chi connectivity index (χ2n) is 14.0. The zero-order valence-electron chi connectivity index (χ0n) is 29.7. The second-order valence-corrected chi connectivity index (χ2v) is 14.0. The van der Waals surface area contributed by atoms with Crippen molar-refractivity contribution in [2.75, 3.05) is 0 Å². The second kappa shape index (κ2) is 13.2. The minimum Gasteiger partial charge on any atom is -0.383 e. The molecule has 254 valence electrons. The fourth-order valence-electron chi connectivity index (χ4n) is 8.43. The van der Waals surface area contributed by atoms with E-state index in [4.69, 9.17) is 10.7 Å². The summed E-state index contributed by atoms with van der Waals surface area (Å²) < 4.78 is 0. The van der Waals surface area contributed by atoms with Crippen LogP contribution in [-0.2, 0) is 6.42 Å². The molecule has 0 saturated carbocycles. The molecule has 10 aromatic rings. The first-order chi connectivity index (χ1) is 26.7. The summed E-state index contributed by atoms with van der Waals surface area (Å²) in [5.41, 5.74) is 13.4. The summed E-state index contributed by atoms with van der Waals surface area (Å²) in [5, 5.41) is 14.7. The number of fused-ring (bicyclic) bond motifs is 10. The van der Waals surface area contributed by atoms with E-state index in [0.717, 1.165) is 22.2 Å². The SMILES string of the molecule is NC(=N/C(=C\Cc1ccc2c3ccccc3c3ccccc3c2c1)c1c2ccccc2c(-c2ccccc2)c2ccc3ccccc3c12)c1ccccc1. The lowest BCUT2D eigenvalue weighted by molar-refractivity contribution is 1.27. The molecule has 2 N–H and O–H groups in total. The van der Waals surface area contributed by atoms with Crippen LogP contribution in [0.1, 0.15) is 16.7 Å². The van der Waals surface area contributed by atoms with E-state index in [-0.39, 0.29) is 0 Å². The molecular weight excluding hydrogens is 653 g/mol. The summed E-state index contributed by atoms with van der Waals surface area (Å²) >= 11 is 0. The van der Waals surface area contributed by atoms with Gasteiger partial charge in [-0.1, -0.05) is 194 Å². The number of hydrogen-bond acceptors (Lipinski definition) is 1. The maximum absolute atomic E-state index is 6.92. The van der Waals surface area contributed by atoms with Crippen LogP contribution in [0.25, 0.3) is 81.5 Å². The van der Waals surface area contributed by atoms with Gasteiger partial charge in [-0.2, -0.15) is 0 Å². The highest BCUT2D eigenvalue weighted by Crippen LogP contribution is 2.45. The Kier molecular flexibility index (Phi) is 7.74. The normalized spacial score (nSPS) is 12.4. The zero-order chi connectivity index (χ0) is 36.0. The van der Waals surface area contributed by atoms with E-state index in [0.29, 0.717) is 12.3 Å². The molecule has 0 amide bonds. The van der Waals surface area contributed by atoms with Crippen molar-refractivity contribution in [2.24, 2.45) is 10.7 Å². The molecule has 0 spiro atoms. The van der Waals surface area contributed by atoms with E-state index in [1.165, 1.54) is 75.9 Å². The van der Waals surface area contributed by atoms with E-state index >= 15 is 0 Å². The van der Waals surface area contributed by atoms with Crippen LogP contribution in [0.2, 0.25) is 0 Å². The van der Waals surface area contributed by atoms with Gasteiger partial charge in [-0.05, 0) is 82.4 Å². The Balaban J connectivity index is 1.26. The highest BCUT2D eigenvalue weighted by atomic mass is 14.9. The third-order valence-corrected chi connectivity index (χ3v) is 10.9. The lowest BCUT2D eigenvalue weighted by Gasteiger charge is -2.20. The summed E-state index contributed by atoms with van der Waals surface area (Å²) in [6, 6.07) is 67.3. The van der Waals surface area contributed by atoms with Crippen LogP contribution < -0.4 is 5.73 Å². The molecule has 0 fully saturated rings. The van der Waals surface area contributed by atoms with Crippen LogP contribution in [0, 0.1) is 0 Å². The van der Waals surface area contributed by atoms with Crippen LogP contribution >= 0.6 is 0 Å². The fraction of sp³-hybridized carbons (Fsp3) is 0.0192. The number of nitrogens with two attached hydrogens (primary N) is 1. The maximum atomic E-state index is 6.92. The summed E-state index contributed by atoms with van der Waals surface area (Å²) in [6.07, 6.45) is 2.96. The number of amidine groups is 1. The Labute approximate surface area is 314 Å². The molecule has 54 heavy (non-hydrogen) atoms. The number of benzene rings is 10. The quantitative estimate of drug-likeness (QED) is 0.0803. The van der Waals surface area contributed by atoms with E-state index in [9.17, 15) is 0 Å². The van der Waals surface area contributed by atoms with Crippen molar-refractivity contribution in [1.82, 2.24) is 0 Å². The van der Waals surface area contributed by atoms with E-state index in [1.807, 2.05) is 30.3 Å². The average molecular weight is 689 g/mol. The minimum absolute atomic E-state index is 0.488. The van der Waals surface area contributed by atoms with Gasteiger partial charge in [0.15, 0.2) is 0 Å². The summed E-state index contributed by atoms with van der Waals surface area (Å²) in [6.45, 7) is 0. The summed E-state index contributed by atoms with van der Waals surface area (Å²) in [5.74, 6) is 0.488. The molecule has 0 aliphatic rings. The Morgan fingerprint density at radius 3 is 1.65 bits per heavy atom. The maximum Gasteiger partial charge on any atom is 0.131 e. The predicted molar refractivity (Wildman–Crippen MR) is 232 cm³/mol. The van der Waals surface area contributed by atoms with Gasteiger partial charge in [0.2, 0.25) is 0 Å². The number of allylic oxidation sites excluding steroid dienone is 1. The van der Waals surface area contributed by atoms with Crippen molar-refractivity contribution in [3.05, 3.63) is 211 Å². The lowest BCUT2D eigenvalue weighted by atomic mass is 9.85. The van der Waals surface area contributed by atoms with Gasteiger partial charge in [0.05, 0.1) is 5.70 Å². The van der Waals surface area contributed by atoms with Gasteiger partial charge >= 0.3 is 0 Å². The van der Waals surface area contributed by atoms with Crippen LogP contribution in [-0.4, -0.2) is 5.84 Å². The zero-order valence-corrected chi connectivity index (χ0v) is 29.7. The number of rotatable bonds is 6. The highest BCUT2D eigenvalue weighted by molar-refractivity contribution is 6.27. The summed E-state index contributed by atoms with van der Waals surface area (Å²) in [4.78, 5) is 5.35. The van der Waals surface area contributed by atoms with Crippen molar-refractivity contribution in [3.63, 3.8) is 0 Å². The molecule has 0 unspecified atom stereocenters. The Morgan fingerprint density at radius 2 is 0.963 bits per heavy atom. The molecule has 2 heteroatoms. The van der Waals surface area contributed by atoms with Crippen molar-refractivity contribution in [3.8, 4) is 11.1 Å². The molecule has 0 aliphatic heterocycles. The molecule has 0 bridgehead atoms. The molecule has 0 aromatic heterocycles. The number of hydrogen-bond donors (Lipinski definition) is 1. The Morgan fingerprint density at radius 1 is 0.444 bits per heavy atom. The average Bonchev–Trinajstić information content (AvgIpc) is 3.25. The molecule has 10 aromatic carbocycles. The lowest BCUT2D eigenvalue weighted by Crippen LogP contribution is -2.13. The van der Waals surface area contributed by atoms with Gasteiger partial charge in [-0.3, -0.25) is 0 Å². The predicted octanol–water partition coefficient (Wildman–Crippen LogP) is 13.3. The van der Waals surface area contributed by atoms with E-state index in [1.54, 1.807) is 0 Å². The Bertz CT molecular complexity index is 3080.